The van der Waals surface area contributed by atoms with Gasteiger partial charge in [0.2, 0.25) is 0 Å². The van der Waals surface area contributed by atoms with Crippen LogP contribution < -0.4 is 10.5 Å². The van der Waals surface area contributed by atoms with E-state index in [4.69, 9.17) is 15.7 Å². The minimum atomic E-state index is -0.119. The molecule has 0 aliphatic rings. The predicted octanol–water partition coefficient (Wildman–Crippen LogP) is 1.26. The van der Waals surface area contributed by atoms with Crippen molar-refractivity contribution in [2.45, 2.75) is 19.5 Å². The van der Waals surface area contributed by atoms with Gasteiger partial charge in [0.05, 0.1) is 13.2 Å². The highest BCUT2D eigenvalue weighted by Gasteiger charge is 2.14. The molecule has 0 radical (unpaired) electrons. The molecule has 1 aromatic rings. The van der Waals surface area contributed by atoms with Crippen LogP contribution in [0.4, 0.5) is 0 Å². The molecule has 0 spiro atoms. The zero-order valence-electron chi connectivity index (χ0n) is 10.4. The average Bonchev–Trinajstić information content (AvgIpc) is 2.37. The minimum absolute atomic E-state index is 0.119. The molecule has 0 amide bonds. The molecule has 0 fully saturated rings. The standard InChI is InChI=1S/C12H19N3O2/c1-9(12(13)14-16)15(2)8-10-5-4-6-11(7-10)17-3/h4-7,9,16H,8H2,1-3H3,(H2,13,14). The van der Waals surface area contributed by atoms with E-state index in [2.05, 4.69) is 5.16 Å². The number of benzene rings is 1. The first-order valence-corrected chi connectivity index (χ1v) is 5.39. The van der Waals surface area contributed by atoms with Crippen LogP contribution in [0.15, 0.2) is 29.4 Å². The first-order chi connectivity index (χ1) is 8.08. The Labute approximate surface area is 101 Å². The van der Waals surface area contributed by atoms with Crippen molar-refractivity contribution in [3.8, 4) is 5.75 Å². The molecule has 17 heavy (non-hydrogen) atoms. The lowest BCUT2D eigenvalue weighted by atomic mass is 10.2. The Hall–Kier alpha value is -1.75. The normalized spacial score (nSPS) is 13.8. The monoisotopic (exact) mass is 237 g/mol. The van der Waals surface area contributed by atoms with Crippen molar-refractivity contribution in [3.05, 3.63) is 29.8 Å². The van der Waals surface area contributed by atoms with Crippen LogP contribution in [0.5, 0.6) is 5.75 Å². The van der Waals surface area contributed by atoms with E-state index in [1.54, 1.807) is 7.11 Å². The summed E-state index contributed by atoms with van der Waals surface area (Å²) in [6, 6.07) is 7.70. The molecule has 1 rings (SSSR count). The van der Waals surface area contributed by atoms with Gasteiger partial charge < -0.3 is 15.7 Å². The van der Waals surface area contributed by atoms with Gasteiger partial charge >= 0.3 is 0 Å². The number of nitrogens with two attached hydrogens (primary N) is 1. The quantitative estimate of drug-likeness (QED) is 0.350. The highest BCUT2D eigenvalue weighted by atomic mass is 16.5. The van der Waals surface area contributed by atoms with Gasteiger partial charge in [-0.1, -0.05) is 17.3 Å². The molecule has 0 aromatic heterocycles. The van der Waals surface area contributed by atoms with Crippen molar-refractivity contribution in [1.82, 2.24) is 4.90 Å². The number of oxime groups is 1. The van der Waals surface area contributed by atoms with Crippen LogP contribution in [0, 0.1) is 0 Å². The van der Waals surface area contributed by atoms with Gasteiger partial charge in [-0.15, -0.1) is 0 Å². The number of rotatable bonds is 5. The molecular weight excluding hydrogens is 218 g/mol. The summed E-state index contributed by atoms with van der Waals surface area (Å²) in [5.74, 6) is 1.03. The largest absolute Gasteiger partial charge is 0.497 e. The van der Waals surface area contributed by atoms with Crippen LogP contribution in [-0.2, 0) is 6.54 Å². The number of likely N-dealkylation sites (N-methyl/N-ethyl adjacent to an activating group) is 1. The molecule has 0 heterocycles. The Bertz CT molecular complexity index is 393. The second-order valence-corrected chi connectivity index (χ2v) is 3.97. The fourth-order valence-corrected chi connectivity index (χ4v) is 1.51. The number of hydrogen-bond donors (Lipinski definition) is 2. The lowest BCUT2D eigenvalue weighted by molar-refractivity contribution is 0.279. The van der Waals surface area contributed by atoms with Gasteiger partial charge in [0.1, 0.15) is 5.75 Å². The first-order valence-electron chi connectivity index (χ1n) is 5.39. The molecule has 0 aliphatic heterocycles. The van der Waals surface area contributed by atoms with Crippen LogP contribution >= 0.6 is 0 Å². The van der Waals surface area contributed by atoms with E-state index < -0.39 is 0 Å². The summed E-state index contributed by atoms with van der Waals surface area (Å²) >= 11 is 0. The van der Waals surface area contributed by atoms with Gasteiger partial charge in [0, 0.05) is 6.54 Å². The topological polar surface area (TPSA) is 71.1 Å². The number of amidine groups is 1. The third-order valence-electron chi connectivity index (χ3n) is 2.77. The lowest BCUT2D eigenvalue weighted by Gasteiger charge is -2.23. The second kappa shape index (κ2) is 6.10. The highest BCUT2D eigenvalue weighted by molar-refractivity contribution is 5.84. The second-order valence-electron chi connectivity index (χ2n) is 3.97. The molecule has 0 bridgehead atoms. The van der Waals surface area contributed by atoms with Gasteiger partial charge in [-0.3, -0.25) is 4.90 Å². The zero-order valence-corrected chi connectivity index (χ0v) is 10.4. The van der Waals surface area contributed by atoms with Crippen LogP contribution in [0.1, 0.15) is 12.5 Å². The molecule has 1 unspecified atom stereocenters. The fraction of sp³-hybridized carbons (Fsp3) is 0.417. The minimum Gasteiger partial charge on any atom is -0.497 e. The molecule has 0 aliphatic carbocycles. The van der Waals surface area contributed by atoms with Gasteiger partial charge in [0.15, 0.2) is 5.84 Å². The third-order valence-corrected chi connectivity index (χ3v) is 2.77. The molecule has 1 aromatic carbocycles. The van der Waals surface area contributed by atoms with E-state index in [-0.39, 0.29) is 11.9 Å². The number of hydrogen-bond acceptors (Lipinski definition) is 4. The van der Waals surface area contributed by atoms with Crippen molar-refractivity contribution >= 4 is 5.84 Å². The van der Waals surface area contributed by atoms with E-state index in [0.29, 0.717) is 6.54 Å². The molecule has 3 N–H and O–H groups in total. The Balaban J connectivity index is 2.70. The van der Waals surface area contributed by atoms with E-state index >= 15 is 0 Å². The maximum absolute atomic E-state index is 8.62. The van der Waals surface area contributed by atoms with Gasteiger partial charge in [-0.05, 0) is 31.7 Å². The van der Waals surface area contributed by atoms with E-state index in [1.165, 1.54) is 0 Å². The number of nitrogens with zero attached hydrogens (tertiary/aromatic N) is 2. The fourth-order valence-electron chi connectivity index (χ4n) is 1.51. The van der Waals surface area contributed by atoms with Crippen molar-refractivity contribution < 1.29 is 9.94 Å². The number of methoxy groups -OCH3 is 1. The Morgan fingerprint density at radius 2 is 2.29 bits per heavy atom. The predicted molar refractivity (Wildman–Crippen MR) is 67.3 cm³/mol. The summed E-state index contributed by atoms with van der Waals surface area (Å²) in [6.45, 7) is 2.59. The number of ether oxygens (including phenoxy) is 1. The van der Waals surface area contributed by atoms with Crippen LogP contribution in [0.25, 0.3) is 0 Å². The Morgan fingerprint density at radius 1 is 1.59 bits per heavy atom. The average molecular weight is 237 g/mol. The smallest absolute Gasteiger partial charge is 0.156 e. The molecule has 0 saturated carbocycles. The molecular formula is C12H19N3O2. The van der Waals surface area contributed by atoms with Crippen LogP contribution in [0.3, 0.4) is 0 Å². The van der Waals surface area contributed by atoms with Gasteiger partial charge in [0.25, 0.3) is 0 Å². The lowest BCUT2D eigenvalue weighted by Crippen LogP contribution is -2.40. The van der Waals surface area contributed by atoms with Crippen LogP contribution in [-0.4, -0.2) is 36.1 Å². The van der Waals surface area contributed by atoms with Crippen molar-refractivity contribution in [1.29, 1.82) is 0 Å². The summed E-state index contributed by atoms with van der Waals surface area (Å²) in [4.78, 5) is 1.99. The summed E-state index contributed by atoms with van der Waals surface area (Å²) in [5, 5.41) is 11.6. The first kappa shape index (κ1) is 13.3. The molecule has 94 valence electrons. The molecule has 1 atom stereocenters. The third kappa shape index (κ3) is 3.64. The SMILES string of the molecule is COc1cccc(CN(C)C(C)C(N)=NO)c1. The van der Waals surface area contributed by atoms with E-state index in [9.17, 15) is 0 Å². The molecule has 0 saturated heterocycles. The zero-order chi connectivity index (χ0) is 12.8. The maximum atomic E-state index is 8.62. The molecule has 5 heteroatoms. The Morgan fingerprint density at radius 3 is 2.88 bits per heavy atom. The summed E-state index contributed by atoms with van der Waals surface area (Å²) in [7, 11) is 3.56. The van der Waals surface area contributed by atoms with Crippen molar-refractivity contribution in [3.63, 3.8) is 0 Å². The van der Waals surface area contributed by atoms with Gasteiger partial charge in [-0.2, -0.15) is 0 Å². The van der Waals surface area contributed by atoms with Crippen molar-refractivity contribution in [2.75, 3.05) is 14.2 Å². The molecule has 5 nitrogen and oxygen atoms in total. The Kier molecular flexibility index (Phi) is 4.78. The summed E-state index contributed by atoms with van der Waals surface area (Å²) < 4.78 is 5.16. The summed E-state index contributed by atoms with van der Waals surface area (Å²) in [6.07, 6.45) is 0. The van der Waals surface area contributed by atoms with Gasteiger partial charge in [-0.25, -0.2) is 0 Å². The van der Waals surface area contributed by atoms with E-state index in [1.807, 2.05) is 43.1 Å². The van der Waals surface area contributed by atoms with Crippen molar-refractivity contribution in [2.24, 2.45) is 10.9 Å². The van der Waals surface area contributed by atoms with Crippen LogP contribution in [0.2, 0.25) is 0 Å². The summed E-state index contributed by atoms with van der Waals surface area (Å²) in [5.41, 5.74) is 6.68. The maximum Gasteiger partial charge on any atom is 0.156 e. The van der Waals surface area contributed by atoms with E-state index in [0.717, 1.165) is 11.3 Å². The highest BCUT2D eigenvalue weighted by Crippen LogP contribution is 2.14.